The number of aromatic nitrogens is 2. The number of aryl methyl sites for hydroxylation is 1. The summed E-state index contributed by atoms with van der Waals surface area (Å²) >= 11 is 0. The molecule has 1 aliphatic heterocycles. The summed E-state index contributed by atoms with van der Waals surface area (Å²) < 4.78 is 0. The van der Waals surface area contributed by atoms with Crippen molar-refractivity contribution in [3.63, 3.8) is 0 Å². The number of nitrogens with one attached hydrogen (secondary N) is 3. The van der Waals surface area contributed by atoms with E-state index in [0.717, 1.165) is 17.1 Å². The van der Waals surface area contributed by atoms with Crippen LogP contribution in [0.1, 0.15) is 18.7 Å². The van der Waals surface area contributed by atoms with Crippen molar-refractivity contribution >= 4 is 17.5 Å². The van der Waals surface area contributed by atoms with Crippen molar-refractivity contribution in [2.75, 3.05) is 5.32 Å². The third-order valence-corrected chi connectivity index (χ3v) is 3.48. The molecule has 6 heteroatoms. The highest BCUT2D eigenvalue weighted by Gasteiger charge is 2.26. The normalized spacial score (nSPS) is 17.6. The Morgan fingerprint density at radius 2 is 2.10 bits per heavy atom. The van der Waals surface area contributed by atoms with Crippen molar-refractivity contribution in [3.8, 4) is 11.3 Å². The zero-order valence-electron chi connectivity index (χ0n) is 11.6. The van der Waals surface area contributed by atoms with Gasteiger partial charge < -0.3 is 15.6 Å². The van der Waals surface area contributed by atoms with Crippen LogP contribution in [-0.2, 0) is 9.59 Å². The molecule has 0 aliphatic carbocycles. The molecule has 3 rings (SSSR count). The van der Waals surface area contributed by atoms with Crippen LogP contribution in [0.2, 0.25) is 0 Å². The average Bonchev–Trinajstić information content (AvgIpc) is 3.08. The Morgan fingerprint density at radius 3 is 2.67 bits per heavy atom. The van der Waals surface area contributed by atoms with Crippen LogP contribution >= 0.6 is 0 Å². The molecule has 1 aromatic heterocycles. The van der Waals surface area contributed by atoms with Crippen LogP contribution in [0.3, 0.4) is 0 Å². The second kappa shape index (κ2) is 5.40. The summed E-state index contributed by atoms with van der Waals surface area (Å²) in [5.41, 5.74) is 2.65. The van der Waals surface area contributed by atoms with Gasteiger partial charge >= 0.3 is 0 Å². The average molecular weight is 284 g/mol. The predicted octanol–water partition coefficient (Wildman–Crippen LogP) is 1.60. The number of imidazole rings is 1. The van der Waals surface area contributed by atoms with Crippen LogP contribution in [0.15, 0.2) is 30.5 Å². The summed E-state index contributed by atoms with van der Waals surface area (Å²) in [6.07, 6.45) is 2.74. The molecule has 2 heterocycles. The van der Waals surface area contributed by atoms with Gasteiger partial charge in [-0.05, 0) is 31.0 Å². The molecule has 2 aromatic rings. The number of rotatable bonds is 3. The fourth-order valence-electron chi connectivity index (χ4n) is 2.34. The van der Waals surface area contributed by atoms with E-state index in [1.54, 1.807) is 6.20 Å². The van der Waals surface area contributed by atoms with Gasteiger partial charge in [0.1, 0.15) is 11.9 Å². The summed E-state index contributed by atoms with van der Waals surface area (Å²) in [7, 11) is 0. The Morgan fingerprint density at radius 1 is 1.33 bits per heavy atom. The molecule has 2 amide bonds. The molecule has 21 heavy (non-hydrogen) atoms. The number of benzene rings is 1. The van der Waals surface area contributed by atoms with Gasteiger partial charge in [-0.3, -0.25) is 9.59 Å². The molecule has 0 radical (unpaired) electrons. The van der Waals surface area contributed by atoms with Gasteiger partial charge in [-0.2, -0.15) is 0 Å². The highest BCUT2D eigenvalue weighted by Crippen LogP contribution is 2.20. The highest BCUT2D eigenvalue weighted by molar-refractivity contribution is 5.99. The molecular formula is C15H16N4O2. The van der Waals surface area contributed by atoms with Gasteiger partial charge in [0.15, 0.2) is 0 Å². The molecule has 1 fully saturated rings. The van der Waals surface area contributed by atoms with Crippen LogP contribution in [0.5, 0.6) is 0 Å². The number of H-pyrrole nitrogens is 1. The first-order valence-electron chi connectivity index (χ1n) is 6.84. The molecule has 0 spiro atoms. The molecule has 1 aromatic carbocycles. The van der Waals surface area contributed by atoms with Crippen molar-refractivity contribution in [1.82, 2.24) is 15.3 Å². The molecule has 6 nitrogen and oxygen atoms in total. The Balaban J connectivity index is 1.67. The van der Waals surface area contributed by atoms with Gasteiger partial charge in [0.2, 0.25) is 11.8 Å². The molecule has 0 saturated carbocycles. The maximum atomic E-state index is 12.0. The van der Waals surface area contributed by atoms with E-state index in [2.05, 4.69) is 20.6 Å². The number of anilines is 1. The molecule has 1 saturated heterocycles. The predicted molar refractivity (Wildman–Crippen MR) is 78.6 cm³/mol. The fraction of sp³-hybridized carbons (Fsp3) is 0.267. The van der Waals surface area contributed by atoms with E-state index in [0.29, 0.717) is 18.5 Å². The lowest BCUT2D eigenvalue weighted by Crippen LogP contribution is -2.37. The SMILES string of the molecule is Cc1ncc(-c2ccc(NC(=O)C3CCC(=O)N3)cc2)[nH]1. The van der Waals surface area contributed by atoms with E-state index in [9.17, 15) is 9.59 Å². The zero-order chi connectivity index (χ0) is 14.8. The van der Waals surface area contributed by atoms with Crippen LogP contribution in [0, 0.1) is 6.92 Å². The minimum absolute atomic E-state index is 0.0693. The minimum Gasteiger partial charge on any atom is -0.344 e. The highest BCUT2D eigenvalue weighted by atomic mass is 16.2. The summed E-state index contributed by atoms with van der Waals surface area (Å²) in [5, 5.41) is 5.46. The van der Waals surface area contributed by atoms with Crippen molar-refractivity contribution in [3.05, 3.63) is 36.3 Å². The topological polar surface area (TPSA) is 86.9 Å². The lowest BCUT2D eigenvalue weighted by molar-refractivity contribution is -0.122. The van der Waals surface area contributed by atoms with Gasteiger partial charge in [-0.1, -0.05) is 12.1 Å². The molecule has 0 bridgehead atoms. The number of nitrogens with zero attached hydrogens (tertiary/aromatic N) is 1. The summed E-state index contributed by atoms with van der Waals surface area (Å²) in [6.45, 7) is 1.90. The Kier molecular flexibility index (Phi) is 3.43. The number of hydrogen-bond donors (Lipinski definition) is 3. The van der Waals surface area contributed by atoms with Crippen molar-refractivity contribution in [1.29, 1.82) is 0 Å². The third kappa shape index (κ3) is 2.94. The standard InChI is InChI=1S/C15H16N4O2/c1-9-16-8-13(17-9)10-2-4-11(5-3-10)18-15(21)12-6-7-14(20)19-12/h2-5,8,12H,6-7H2,1H3,(H,16,17)(H,18,21)(H,19,20). The quantitative estimate of drug-likeness (QED) is 0.800. The lowest BCUT2D eigenvalue weighted by Gasteiger charge is -2.11. The monoisotopic (exact) mass is 284 g/mol. The number of aromatic amines is 1. The molecule has 1 unspecified atom stereocenters. The van der Waals surface area contributed by atoms with Gasteiger partial charge in [0.05, 0.1) is 11.9 Å². The van der Waals surface area contributed by atoms with Gasteiger partial charge in [-0.15, -0.1) is 0 Å². The zero-order valence-corrected chi connectivity index (χ0v) is 11.6. The number of hydrogen-bond acceptors (Lipinski definition) is 3. The van der Waals surface area contributed by atoms with E-state index in [1.807, 2.05) is 31.2 Å². The second-order valence-corrected chi connectivity index (χ2v) is 5.11. The number of carbonyl (C=O) groups is 2. The maximum Gasteiger partial charge on any atom is 0.246 e. The Labute approximate surface area is 122 Å². The van der Waals surface area contributed by atoms with E-state index >= 15 is 0 Å². The van der Waals surface area contributed by atoms with Crippen LogP contribution in [-0.4, -0.2) is 27.8 Å². The first-order valence-corrected chi connectivity index (χ1v) is 6.84. The molecule has 3 N–H and O–H groups in total. The summed E-state index contributed by atoms with van der Waals surface area (Å²) in [5.74, 6) is 0.616. The van der Waals surface area contributed by atoms with Crippen LogP contribution < -0.4 is 10.6 Å². The maximum absolute atomic E-state index is 12.0. The van der Waals surface area contributed by atoms with Gasteiger partial charge in [0.25, 0.3) is 0 Å². The van der Waals surface area contributed by atoms with E-state index < -0.39 is 6.04 Å². The molecule has 108 valence electrons. The van der Waals surface area contributed by atoms with Crippen LogP contribution in [0.25, 0.3) is 11.3 Å². The number of carbonyl (C=O) groups excluding carboxylic acids is 2. The van der Waals surface area contributed by atoms with E-state index in [4.69, 9.17) is 0 Å². The molecular weight excluding hydrogens is 268 g/mol. The first-order chi connectivity index (χ1) is 10.1. The largest absolute Gasteiger partial charge is 0.344 e. The summed E-state index contributed by atoms with van der Waals surface area (Å²) in [6, 6.07) is 7.07. The Bertz CT molecular complexity index is 675. The first kappa shape index (κ1) is 13.4. The fourth-order valence-corrected chi connectivity index (χ4v) is 2.34. The van der Waals surface area contributed by atoms with E-state index in [1.165, 1.54) is 0 Å². The van der Waals surface area contributed by atoms with Crippen molar-refractivity contribution in [2.45, 2.75) is 25.8 Å². The smallest absolute Gasteiger partial charge is 0.246 e. The minimum atomic E-state index is -0.424. The van der Waals surface area contributed by atoms with Crippen molar-refractivity contribution in [2.24, 2.45) is 0 Å². The van der Waals surface area contributed by atoms with E-state index in [-0.39, 0.29) is 11.8 Å². The second-order valence-electron chi connectivity index (χ2n) is 5.11. The van der Waals surface area contributed by atoms with Crippen LogP contribution in [0.4, 0.5) is 5.69 Å². The third-order valence-electron chi connectivity index (χ3n) is 3.48. The molecule has 1 aliphatic rings. The van der Waals surface area contributed by atoms with Crippen molar-refractivity contribution < 1.29 is 9.59 Å². The Hall–Kier alpha value is -2.63. The lowest BCUT2D eigenvalue weighted by atomic mass is 10.1. The van der Waals surface area contributed by atoms with Gasteiger partial charge in [0, 0.05) is 12.1 Å². The number of amides is 2. The molecule has 1 atom stereocenters. The van der Waals surface area contributed by atoms with Gasteiger partial charge in [-0.25, -0.2) is 4.98 Å². The summed E-state index contributed by atoms with van der Waals surface area (Å²) in [4.78, 5) is 30.4.